The molecule has 0 saturated carbocycles. The Bertz CT molecular complexity index is 252. The van der Waals surface area contributed by atoms with E-state index in [0.717, 1.165) is 13.1 Å². The van der Waals surface area contributed by atoms with Gasteiger partial charge in [0, 0.05) is 18.1 Å². The summed E-state index contributed by atoms with van der Waals surface area (Å²) in [5.41, 5.74) is 0. The van der Waals surface area contributed by atoms with Gasteiger partial charge in [0.2, 0.25) is 0 Å². The van der Waals surface area contributed by atoms with Gasteiger partial charge in [-0.15, -0.1) is 0 Å². The summed E-state index contributed by atoms with van der Waals surface area (Å²) in [6.07, 6.45) is 2.95. The third kappa shape index (κ3) is 2.16. The van der Waals surface area contributed by atoms with Gasteiger partial charge in [0.25, 0.3) is 5.19 Å². The molecule has 0 amide bonds. The predicted molar refractivity (Wildman–Crippen MR) is 51.0 cm³/mol. The van der Waals surface area contributed by atoms with Crippen molar-refractivity contribution in [2.75, 3.05) is 13.1 Å². The highest BCUT2D eigenvalue weighted by Gasteiger charge is 2.23. The fraction of sp³-hybridized carbons (Fsp3) is 0.750. The van der Waals surface area contributed by atoms with Crippen molar-refractivity contribution in [3.8, 4) is 5.19 Å². The Morgan fingerprint density at radius 3 is 3.31 bits per heavy atom. The zero-order chi connectivity index (χ0) is 9.10. The van der Waals surface area contributed by atoms with E-state index >= 15 is 0 Å². The summed E-state index contributed by atoms with van der Waals surface area (Å²) in [5.74, 6) is 0.602. The first kappa shape index (κ1) is 8.90. The topological polar surface area (TPSA) is 47.0 Å². The highest BCUT2D eigenvalue weighted by atomic mass is 32.1. The smallest absolute Gasteiger partial charge is 0.293 e. The summed E-state index contributed by atoms with van der Waals surface area (Å²) in [7, 11) is 0. The van der Waals surface area contributed by atoms with Gasteiger partial charge in [-0.2, -0.15) is 9.36 Å². The van der Waals surface area contributed by atoms with Gasteiger partial charge in [0.1, 0.15) is 12.4 Å². The highest BCUT2D eigenvalue weighted by Crippen LogP contribution is 2.19. The normalized spacial score (nSPS) is 28.7. The van der Waals surface area contributed by atoms with E-state index in [9.17, 15) is 0 Å². The summed E-state index contributed by atoms with van der Waals surface area (Å²) < 4.78 is 9.59. The van der Waals surface area contributed by atoms with Gasteiger partial charge in [-0.25, -0.2) is 0 Å². The van der Waals surface area contributed by atoms with Crippen molar-refractivity contribution in [3.63, 3.8) is 0 Å². The molecule has 1 aliphatic rings. The van der Waals surface area contributed by atoms with E-state index in [1.165, 1.54) is 24.3 Å². The molecule has 2 heterocycles. The fourth-order valence-electron chi connectivity index (χ4n) is 1.46. The van der Waals surface area contributed by atoms with Crippen LogP contribution in [0.3, 0.4) is 0 Å². The molecule has 0 aliphatic carbocycles. The molecule has 1 saturated heterocycles. The molecule has 0 aromatic carbocycles. The first-order valence-corrected chi connectivity index (χ1v) is 5.27. The van der Waals surface area contributed by atoms with Crippen LogP contribution in [0.25, 0.3) is 0 Å². The Morgan fingerprint density at radius 1 is 1.69 bits per heavy atom. The quantitative estimate of drug-likeness (QED) is 0.769. The standard InChI is InChI=1S/C8H13N3OS/c1-6-2-3-9-4-7(6)12-8-10-5-11-13-8/h5-7,9H,2-4H2,1H3. The van der Waals surface area contributed by atoms with Crippen molar-refractivity contribution in [2.45, 2.75) is 19.4 Å². The summed E-state index contributed by atoms with van der Waals surface area (Å²) in [6.45, 7) is 4.23. The number of nitrogens with zero attached hydrogens (tertiary/aromatic N) is 2. The van der Waals surface area contributed by atoms with Crippen LogP contribution >= 0.6 is 11.5 Å². The second kappa shape index (κ2) is 4.02. The van der Waals surface area contributed by atoms with Crippen molar-refractivity contribution in [2.24, 2.45) is 5.92 Å². The molecule has 4 nitrogen and oxygen atoms in total. The molecule has 2 atom stereocenters. The van der Waals surface area contributed by atoms with Gasteiger partial charge in [0.15, 0.2) is 0 Å². The molecule has 1 aliphatic heterocycles. The minimum atomic E-state index is 0.252. The fourth-order valence-corrected chi connectivity index (χ4v) is 1.91. The average molecular weight is 199 g/mol. The number of ether oxygens (including phenoxy) is 1. The minimum absolute atomic E-state index is 0.252. The van der Waals surface area contributed by atoms with Gasteiger partial charge < -0.3 is 10.1 Å². The summed E-state index contributed by atoms with van der Waals surface area (Å²) in [6, 6.07) is 0. The maximum atomic E-state index is 5.69. The number of rotatable bonds is 2. The van der Waals surface area contributed by atoms with Gasteiger partial charge >= 0.3 is 0 Å². The van der Waals surface area contributed by atoms with Crippen molar-refractivity contribution in [1.29, 1.82) is 0 Å². The van der Waals surface area contributed by atoms with Crippen molar-refractivity contribution in [3.05, 3.63) is 6.33 Å². The second-order valence-electron chi connectivity index (χ2n) is 3.33. The average Bonchev–Trinajstić information content (AvgIpc) is 2.61. The molecule has 1 aromatic rings. The monoisotopic (exact) mass is 199 g/mol. The number of hydrogen-bond donors (Lipinski definition) is 1. The van der Waals surface area contributed by atoms with Crippen molar-refractivity contribution >= 4 is 11.5 Å². The lowest BCUT2D eigenvalue weighted by atomic mass is 9.97. The molecular weight excluding hydrogens is 186 g/mol. The van der Waals surface area contributed by atoms with Crippen LogP contribution in [0.4, 0.5) is 0 Å². The van der Waals surface area contributed by atoms with Crippen molar-refractivity contribution in [1.82, 2.24) is 14.7 Å². The number of piperidine rings is 1. The Hall–Kier alpha value is -0.680. The maximum absolute atomic E-state index is 5.69. The Labute approximate surface area is 81.5 Å². The van der Waals surface area contributed by atoms with Gasteiger partial charge in [-0.05, 0) is 18.9 Å². The van der Waals surface area contributed by atoms with Crippen LogP contribution in [0, 0.1) is 5.92 Å². The molecule has 0 spiro atoms. The molecule has 0 radical (unpaired) electrons. The van der Waals surface area contributed by atoms with E-state index in [1.54, 1.807) is 0 Å². The predicted octanol–water partition coefficient (Wildman–Crippen LogP) is 0.915. The van der Waals surface area contributed by atoms with Gasteiger partial charge in [0.05, 0.1) is 0 Å². The lowest BCUT2D eigenvalue weighted by Crippen LogP contribution is -2.42. The van der Waals surface area contributed by atoms with E-state index in [2.05, 4.69) is 21.6 Å². The van der Waals surface area contributed by atoms with E-state index in [0.29, 0.717) is 11.1 Å². The number of hydrogen-bond acceptors (Lipinski definition) is 5. The Morgan fingerprint density at radius 2 is 2.62 bits per heavy atom. The van der Waals surface area contributed by atoms with Crippen LogP contribution < -0.4 is 10.1 Å². The first-order chi connectivity index (χ1) is 6.36. The molecule has 1 aromatic heterocycles. The zero-order valence-electron chi connectivity index (χ0n) is 7.56. The van der Waals surface area contributed by atoms with Crippen LogP contribution in [0.1, 0.15) is 13.3 Å². The number of nitrogens with one attached hydrogen (secondary N) is 1. The van der Waals surface area contributed by atoms with Crippen LogP contribution in [-0.4, -0.2) is 28.6 Å². The highest BCUT2D eigenvalue weighted by molar-refractivity contribution is 7.07. The molecule has 1 N–H and O–H groups in total. The second-order valence-corrected chi connectivity index (χ2v) is 4.08. The van der Waals surface area contributed by atoms with E-state index in [1.807, 2.05) is 0 Å². The van der Waals surface area contributed by atoms with Crippen LogP contribution in [0.5, 0.6) is 5.19 Å². The number of aromatic nitrogens is 2. The van der Waals surface area contributed by atoms with E-state index in [-0.39, 0.29) is 6.10 Å². The molecule has 2 rings (SSSR count). The third-order valence-electron chi connectivity index (χ3n) is 2.35. The van der Waals surface area contributed by atoms with Crippen LogP contribution in [0.2, 0.25) is 0 Å². The van der Waals surface area contributed by atoms with Crippen LogP contribution in [0.15, 0.2) is 6.33 Å². The molecule has 0 bridgehead atoms. The largest absolute Gasteiger partial charge is 0.464 e. The zero-order valence-corrected chi connectivity index (χ0v) is 8.38. The van der Waals surface area contributed by atoms with Crippen LogP contribution in [-0.2, 0) is 0 Å². The van der Waals surface area contributed by atoms with E-state index in [4.69, 9.17) is 4.74 Å². The minimum Gasteiger partial charge on any atom is -0.464 e. The Kier molecular flexibility index (Phi) is 2.75. The summed E-state index contributed by atoms with van der Waals surface area (Å²) >= 11 is 1.31. The molecule has 2 unspecified atom stereocenters. The maximum Gasteiger partial charge on any atom is 0.293 e. The lowest BCUT2D eigenvalue weighted by Gasteiger charge is -2.28. The molecule has 1 fully saturated rings. The first-order valence-electron chi connectivity index (χ1n) is 4.50. The lowest BCUT2D eigenvalue weighted by molar-refractivity contribution is 0.114. The molecule has 13 heavy (non-hydrogen) atoms. The Balaban J connectivity index is 1.93. The summed E-state index contributed by atoms with van der Waals surface area (Å²) in [4.78, 5) is 4.00. The molecule has 5 heteroatoms. The van der Waals surface area contributed by atoms with Crippen molar-refractivity contribution < 1.29 is 4.74 Å². The third-order valence-corrected chi connectivity index (χ3v) is 2.91. The summed E-state index contributed by atoms with van der Waals surface area (Å²) in [5, 5.41) is 3.99. The van der Waals surface area contributed by atoms with Gasteiger partial charge in [-0.3, -0.25) is 0 Å². The molecule has 72 valence electrons. The van der Waals surface area contributed by atoms with E-state index < -0.39 is 0 Å². The SMILES string of the molecule is CC1CCNCC1Oc1ncns1. The van der Waals surface area contributed by atoms with Gasteiger partial charge in [-0.1, -0.05) is 6.92 Å². The molecular formula is C8H13N3OS.